The lowest BCUT2D eigenvalue weighted by Crippen LogP contribution is -2.07. The fourth-order valence-electron chi connectivity index (χ4n) is 2.06. The van der Waals surface area contributed by atoms with Crippen LogP contribution in [-0.4, -0.2) is 14.9 Å². The fourth-order valence-corrected chi connectivity index (χ4v) is 2.38. The number of hydrogen-bond donors (Lipinski definition) is 1. The monoisotopic (exact) mass is 312 g/mol. The summed E-state index contributed by atoms with van der Waals surface area (Å²) in [7, 11) is 0. The van der Waals surface area contributed by atoms with Crippen LogP contribution in [0.3, 0.4) is 0 Å². The topological polar surface area (TPSA) is 47.3 Å². The summed E-state index contributed by atoms with van der Waals surface area (Å²) in [6.45, 7) is 4.56. The summed E-state index contributed by atoms with van der Waals surface area (Å²) in [5.74, 6) is -0.374. The van der Waals surface area contributed by atoms with Crippen molar-refractivity contribution in [1.82, 2.24) is 9.78 Å². The van der Waals surface area contributed by atoms with Crippen molar-refractivity contribution in [2.75, 3.05) is 0 Å². The van der Waals surface area contributed by atoms with Gasteiger partial charge in [0.1, 0.15) is 6.61 Å². The molecule has 0 spiro atoms. The van der Waals surface area contributed by atoms with E-state index in [-0.39, 0.29) is 19.0 Å². The normalized spacial score (nSPS) is 10.9. The molecule has 1 aromatic heterocycles. The average molecular weight is 313 g/mol. The first-order valence-corrected chi connectivity index (χ1v) is 7.24. The number of aromatic nitrogens is 2. The van der Waals surface area contributed by atoms with Crippen molar-refractivity contribution in [3.05, 3.63) is 46.0 Å². The van der Waals surface area contributed by atoms with Crippen LogP contribution in [0.1, 0.15) is 30.8 Å². The van der Waals surface area contributed by atoms with Gasteiger partial charge in [-0.2, -0.15) is 5.10 Å². The van der Waals surface area contributed by atoms with E-state index >= 15 is 0 Å². The summed E-state index contributed by atoms with van der Waals surface area (Å²) in [6.07, 6.45) is 0.735. The van der Waals surface area contributed by atoms with Crippen LogP contribution in [0.25, 0.3) is 0 Å². The highest BCUT2D eigenvalue weighted by atomic mass is 35.5. The molecular formula is C15H18ClFN2O2. The van der Waals surface area contributed by atoms with Crippen LogP contribution in [-0.2, 0) is 26.2 Å². The molecular weight excluding hydrogens is 295 g/mol. The molecule has 1 heterocycles. The first-order chi connectivity index (χ1) is 10.1. The van der Waals surface area contributed by atoms with Crippen LogP contribution in [0.5, 0.6) is 5.75 Å². The molecule has 0 saturated carbocycles. The zero-order valence-electron chi connectivity index (χ0n) is 12.1. The molecule has 1 aromatic carbocycles. The van der Waals surface area contributed by atoms with Crippen molar-refractivity contribution >= 4 is 11.6 Å². The molecule has 2 rings (SSSR count). The summed E-state index contributed by atoms with van der Waals surface area (Å²) < 4.78 is 21.1. The number of ether oxygens (including phenoxy) is 1. The van der Waals surface area contributed by atoms with Gasteiger partial charge in [0.15, 0.2) is 11.6 Å². The molecule has 0 aliphatic rings. The molecule has 0 atom stereocenters. The Morgan fingerprint density at radius 2 is 2.14 bits per heavy atom. The van der Waals surface area contributed by atoms with Gasteiger partial charge in [0.25, 0.3) is 0 Å². The van der Waals surface area contributed by atoms with E-state index in [0.29, 0.717) is 17.1 Å². The van der Waals surface area contributed by atoms with Gasteiger partial charge in [0.2, 0.25) is 0 Å². The number of aliphatic hydroxyl groups excluding tert-OH is 1. The molecule has 6 heteroatoms. The summed E-state index contributed by atoms with van der Waals surface area (Å²) >= 11 is 6.27. The zero-order valence-corrected chi connectivity index (χ0v) is 12.8. The molecule has 114 valence electrons. The van der Waals surface area contributed by atoms with Crippen LogP contribution in [0.2, 0.25) is 5.02 Å². The molecule has 0 aliphatic carbocycles. The van der Waals surface area contributed by atoms with E-state index in [1.54, 1.807) is 10.7 Å². The van der Waals surface area contributed by atoms with Crippen LogP contribution >= 0.6 is 11.6 Å². The minimum absolute atomic E-state index is 0.130. The lowest BCUT2D eigenvalue weighted by molar-refractivity contribution is 0.272. The number of benzene rings is 1. The van der Waals surface area contributed by atoms with Crippen molar-refractivity contribution in [2.24, 2.45) is 0 Å². The number of rotatable bonds is 6. The lowest BCUT2D eigenvalue weighted by atomic mass is 10.2. The van der Waals surface area contributed by atoms with Crippen molar-refractivity contribution in [3.63, 3.8) is 0 Å². The van der Waals surface area contributed by atoms with Gasteiger partial charge in [-0.1, -0.05) is 24.6 Å². The van der Waals surface area contributed by atoms with Crippen LogP contribution < -0.4 is 4.74 Å². The molecule has 0 radical (unpaired) electrons. The standard InChI is InChI=1S/C15H18ClFN2O2/c1-3-12-15(16)13(19(4-2)18-12)9-21-14-6-5-10(8-20)7-11(14)17/h5-7,20H,3-4,8-9H2,1-2H3. The Morgan fingerprint density at radius 3 is 2.71 bits per heavy atom. The van der Waals surface area contributed by atoms with Gasteiger partial charge >= 0.3 is 0 Å². The van der Waals surface area contributed by atoms with Crippen molar-refractivity contribution in [3.8, 4) is 5.75 Å². The van der Waals surface area contributed by atoms with Crippen LogP contribution in [0.4, 0.5) is 4.39 Å². The smallest absolute Gasteiger partial charge is 0.165 e. The summed E-state index contributed by atoms with van der Waals surface area (Å²) in [5.41, 5.74) is 2.06. The van der Waals surface area contributed by atoms with E-state index < -0.39 is 5.82 Å². The number of aliphatic hydroxyl groups is 1. The minimum Gasteiger partial charge on any atom is -0.484 e. The summed E-state index contributed by atoms with van der Waals surface area (Å²) in [5, 5.41) is 13.9. The Hall–Kier alpha value is -1.59. The maximum absolute atomic E-state index is 13.8. The van der Waals surface area contributed by atoms with Crippen molar-refractivity contribution < 1.29 is 14.2 Å². The third-order valence-electron chi connectivity index (χ3n) is 3.24. The Bertz CT molecular complexity index is 628. The predicted molar refractivity (Wildman–Crippen MR) is 78.9 cm³/mol. The number of nitrogens with zero attached hydrogens (tertiary/aromatic N) is 2. The van der Waals surface area contributed by atoms with E-state index in [2.05, 4.69) is 5.10 Å². The molecule has 1 N–H and O–H groups in total. The maximum Gasteiger partial charge on any atom is 0.165 e. The Kier molecular flexibility index (Phi) is 5.20. The molecule has 0 unspecified atom stereocenters. The first kappa shape index (κ1) is 15.8. The highest BCUT2D eigenvalue weighted by molar-refractivity contribution is 6.31. The third-order valence-corrected chi connectivity index (χ3v) is 3.67. The Labute approximate surface area is 128 Å². The fraction of sp³-hybridized carbons (Fsp3) is 0.400. The zero-order chi connectivity index (χ0) is 15.4. The molecule has 2 aromatic rings. The largest absolute Gasteiger partial charge is 0.484 e. The minimum atomic E-state index is -0.504. The summed E-state index contributed by atoms with van der Waals surface area (Å²) in [4.78, 5) is 0. The molecule has 0 bridgehead atoms. The van der Waals surface area contributed by atoms with Gasteiger partial charge in [-0.15, -0.1) is 0 Å². The molecule has 0 aliphatic heterocycles. The Balaban J connectivity index is 2.18. The maximum atomic E-state index is 13.8. The average Bonchev–Trinajstić information content (AvgIpc) is 2.81. The quantitative estimate of drug-likeness (QED) is 0.890. The van der Waals surface area contributed by atoms with Gasteiger partial charge < -0.3 is 9.84 Å². The van der Waals surface area contributed by atoms with E-state index in [1.165, 1.54) is 12.1 Å². The van der Waals surface area contributed by atoms with E-state index in [1.807, 2.05) is 13.8 Å². The number of hydrogen-bond acceptors (Lipinski definition) is 3. The van der Waals surface area contributed by atoms with Gasteiger partial charge in [-0.25, -0.2) is 4.39 Å². The third kappa shape index (κ3) is 3.36. The summed E-state index contributed by atoms with van der Waals surface area (Å²) in [6, 6.07) is 4.38. The second-order valence-corrected chi connectivity index (χ2v) is 4.97. The Morgan fingerprint density at radius 1 is 1.38 bits per heavy atom. The van der Waals surface area contributed by atoms with Crippen LogP contribution in [0, 0.1) is 5.82 Å². The van der Waals surface area contributed by atoms with E-state index in [9.17, 15) is 4.39 Å². The van der Waals surface area contributed by atoms with Gasteiger partial charge in [0, 0.05) is 6.54 Å². The van der Waals surface area contributed by atoms with Crippen molar-refractivity contribution in [2.45, 2.75) is 40.0 Å². The molecule has 21 heavy (non-hydrogen) atoms. The number of aryl methyl sites for hydroxylation is 2. The molecule has 0 fully saturated rings. The second-order valence-electron chi connectivity index (χ2n) is 4.59. The molecule has 0 amide bonds. The van der Waals surface area contributed by atoms with Crippen molar-refractivity contribution in [1.29, 1.82) is 0 Å². The van der Waals surface area contributed by atoms with Gasteiger partial charge in [0.05, 0.1) is 23.0 Å². The lowest BCUT2D eigenvalue weighted by Gasteiger charge is -2.09. The first-order valence-electron chi connectivity index (χ1n) is 6.86. The van der Waals surface area contributed by atoms with Crippen LogP contribution in [0.15, 0.2) is 18.2 Å². The highest BCUT2D eigenvalue weighted by Crippen LogP contribution is 2.25. The van der Waals surface area contributed by atoms with E-state index in [0.717, 1.165) is 17.8 Å². The van der Waals surface area contributed by atoms with Gasteiger partial charge in [-0.05, 0) is 31.0 Å². The molecule has 0 saturated heterocycles. The van der Waals surface area contributed by atoms with E-state index in [4.69, 9.17) is 21.4 Å². The molecule has 4 nitrogen and oxygen atoms in total. The predicted octanol–water partition coefficient (Wildman–Crippen LogP) is 3.33. The second kappa shape index (κ2) is 6.91. The highest BCUT2D eigenvalue weighted by Gasteiger charge is 2.15. The van der Waals surface area contributed by atoms with Gasteiger partial charge in [-0.3, -0.25) is 4.68 Å². The SMILES string of the molecule is CCc1nn(CC)c(COc2ccc(CO)cc2F)c1Cl. The number of halogens is 2.